The molecular weight excluding hydrogens is 737 g/mol. The predicted octanol–water partition coefficient (Wildman–Crippen LogP) is 15.6. The van der Waals surface area contributed by atoms with E-state index in [1.54, 1.807) is 0 Å². The topological polar surface area (TPSA) is 25.8 Å². The first kappa shape index (κ1) is 36.4. The van der Waals surface area contributed by atoms with E-state index in [9.17, 15) is 0 Å². The first-order valence-corrected chi connectivity index (χ1v) is 21.1. The van der Waals surface area contributed by atoms with Gasteiger partial charge in [0.25, 0.3) is 0 Å². The van der Waals surface area contributed by atoms with Gasteiger partial charge < -0.3 is 0 Å². The van der Waals surface area contributed by atoms with E-state index in [-0.39, 0.29) is 5.41 Å². The summed E-state index contributed by atoms with van der Waals surface area (Å²) >= 11 is 0. The summed E-state index contributed by atoms with van der Waals surface area (Å²) in [5, 5.41) is 2.33. The Labute approximate surface area is 357 Å². The van der Waals surface area contributed by atoms with Crippen molar-refractivity contribution in [3.63, 3.8) is 0 Å². The highest BCUT2D eigenvalue weighted by molar-refractivity contribution is 6.05. The van der Waals surface area contributed by atoms with Gasteiger partial charge in [-0.3, -0.25) is 0 Å². The maximum Gasteiger partial charge on any atom is 0.160 e. The maximum atomic E-state index is 5.23. The minimum Gasteiger partial charge on any atom is -0.228 e. The van der Waals surface area contributed by atoms with Crippen molar-refractivity contribution in [2.45, 2.75) is 19.3 Å². The number of hydrogen-bond acceptors (Lipinski definition) is 2. The first-order chi connectivity index (χ1) is 30.0. The molecule has 0 spiro atoms. The van der Waals surface area contributed by atoms with Crippen LogP contribution in [0.25, 0.3) is 100 Å². The molecule has 0 bridgehead atoms. The lowest BCUT2D eigenvalue weighted by molar-refractivity contribution is 0.660. The van der Waals surface area contributed by atoms with E-state index < -0.39 is 0 Å². The second kappa shape index (κ2) is 14.9. The number of rotatable bonds is 7. The quantitative estimate of drug-likeness (QED) is 0.161. The fourth-order valence-corrected chi connectivity index (χ4v) is 9.42. The SMILES string of the molecule is CC1(C)c2ccccc2-c2c(-c3cccc(-c4cccc(-c5ccc(-c6cc(-c7ccc(-c8ccccc8)cc7)nc(-c7ccccc7)n6)c6ccccc56)c4)c3)cccc21. The van der Waals surface area contributed by atoms with Gasteiger partial charge in [-0.25, -0.2) is 9.97 Å². The zero-order valence-corrected chi connectivity index (χ0v) is 34.2. The van der Waals surface area contributed by atoms with Crippen LogP contribution in [-0.4, -0.2) is 9.97 Å². The molecule has 1 heterocycles. The highest BCUT2D eigenvalue weighted by Gasteiger charge is 2.36. The summed E-state index contributed by atoms with van der Waals surface area (Å²) in [5.41, 5.74) is 20.0. The van der Waals surface area contributed by atoms with Crippen LogP contribution in [0.1, 0.15) is 25.0 Å². The van der Waals surface area contributed by atoms with Crippen molar-refractivity contribution in [1.82, 2.24) is 9.97 Å². The largest absolute Gasteiger partial charge is 0.228 e. The normalized spacial score (nSPS) is 12.6. The van der Waals surface area contributed by atoms with E-state index in [1.165, 1.54) is 72.1 Å². The van der Waals surface area contributed by atoms with E-state index in [0.717, 1.165) is 33.5 Å². The molecule has 0 amide bonds. The van der Waals surface area contributed by atoms with Gasteiger partial charge in [0.15, 0.2) is 5.82 Å². The van der Waals surface area contributed by atoms with E-state index in [0.29, 0.717) is 5.82 Å². The molecule has 0 N–H and O–H groups in total. The second-order valence-corrected chi connectivity index (χ2v) is 16.5. The van der Waals surface area contributed by atoms with E-state index in [2.05, 4.69) is 214 Å². The predicted molar refractivity (Wildman–Crippen MR) is 255 cm³/mol. The Morgan fingerprint density at radius 3 is 1.49 bits per heavy atom. The third-order valence-corrected chi connectivity index (χ3v) is 12.5. The summed E-state index contributed by atoms with van der Waals surface area (Å²) in [6, 6.07) is 78.5. The number of benzene rings is 9. The molecule has 0 atom stereocenters. The van der Waals surface area contributed by atoms with Crippen LogP contribution in [-0.2, 0) is 5.41 Å². The molecule has 0 saturated carbocycles. The van der Waals surface area contributed by atoms with Crippen molar-refractivity contribution in [3.05, 3.63) is 230 Å². The lowest BCUT2D eigenvalue weighted by Crippen LogP contribution is -2.14. The van der Waals surface area contributed by atoms with Gasteiger partial charge in [-0.1, -0.05) is 214 Å². The molecule has 9 aromatic carbocycles. The van der Waals surface area contributed by atoms with Gasteiger partial charge in [0.05, 0.1) is 11.4 Å². The second-order valence-electron chi connectivity index (χ2n) is 16.5. The first-order valence-electron chi connectivity index (χ1n) is 21.1. The van der Waals surface area contributed by atoms with Gasteiger partial charge in [-0.2, -0.15) is 0 Å². The molecule has 0 saturated heterocycles. The zero-order chi connectivity index (χ0) is 40.9. The van der Waals surface area contributed by atoms with Gasteiger partial charge in [0.1, 0.15) is 0 Å². The van der Waals surface area contributed by atoms with Crippen molar-refractivity contribution in [3.8, 4) is 89.5 Å². The Morgan fingerprint density at radius 1 is 0.295 bits per heavy atom. The fourth-order valence-electron chi connectivity index (χ4n) is 9.42. The third-order valence-electron chi connectivity index (χ3n) is 12.5. The summed E-state index contributed by atoms with van der Waals surface area (Å²) in [6.45, 7) is 4.69. The fraction of sp³-hybridized carbons (Fsp3) is 0.0508. The van der Waals surface area contributed by atoms with Gasteiger partial charge in [0.2, 0.25) is 0 Å². The minimum absolute atomic E-state index is 0.0404. The van der Waals surface area contributed by atoms with Crippen molar-refractivity contribution in [2.24, 2.45) is 0 Å². The zero-order valence-electron chi connectivity index (χ0n) is 34.2. The van der Waals surface area contributed by atoms with E-state index in [4.69, 9.17) is 9.97 Å². The van der Waals surface area contributed by atoms with Crippen LogP contribution >= 0.6 is 0 Å². The summed E-state index contributed by atoms with van der Waals surface area (Å²) in [5.74, 6) is 0.705. The molecule has 0 radical (unpaired) electrons. The van der Waals surface area contributed by atoms with Crippen LogP contribution in [0.2, 0.25) is 0 Å². The van der Waals surface area contributed by atoms with Crippen LogP contribution in [0.5, 0.6) is 0 Å². The highest BCUT2D eigenvalue weighted by Crippen LogP contribution is 2.52. The Bertz CT molecular complexity index is 3250. The molecule has 10 aromatic rings. The Kier molecular flexibility index (Phi) is 8.86. The van der Waals surface area contributed by atoms with Crippen molar-refractivity contribution >= 4 is 10.8 Å². The molecule has 2 heteroatoms. The highest BCUT2D eigenvalue weighted by atomic mass is 14.9. The lowest BCUT2D eigenvalue weighted by Gasteiger charge is -2.21. The Morgan fingerprint density at radius 2 is 0.770 bits per heavy atom. The molecule has 0 fully saturated rings. The summed E-state index contributed by atoms with van der Waals surface area (Å²) in [4.78, 5) is 10.4. The summed E-state index contributed by atoms with van der Waals surface area (Å²) in [6.07, 6.45) is 0. The smallest absolute Gasteiger partial charge is 0.160 e. The molecule has 0 unspecified atom stereocenters. The van der Waals surface area contributed by atoms with Crippen molar-refractivity contribution in [1.29, 1.82) is 0 Å². The van der Waals surface area contributed by atoms with E-state index in [1.807, 2.05) is 18.2 Å². The van der Waals surface area contributed by atoms with Crippen molar-refractivity contribution < 1.29 is 0 Å². The van der Waals surface area contributed by atoms with Gasteiger partial charge in [0, 0.05) is 22.1 Å². The number of fused-ring (bicyclic) bond motifs is 4. The van der Waals surface area contributed by atoms with Gasteiger partial charge in [-0.05, 0) is 95.7 Å². The van der Waals surface area contributed by atoms with Crippen LogP contribution < -0.4 is 0 Å². The molecule has 1 aliphatic carbocycles. The van der Waals surface area contributed by atoms with Gasteiger partial charge in [-0.15, -0.1) is 0 Å². The molecule has 61 heavy (non-hydrogen) atoms. The van der Waals surface area contributed by atoms with Crippen LogP contribution in [0.4, 0.5) is 0 Å². The molecule has 1 aliphatic rings. The Balaban J connectivity index is 0.984. The molecule has 2 nitrogen and oxygen atoms in total. The lowest BCUT2D eigenvalue weighted by atomic mass is 9.82. The van der Waals surface area contributed by atoms with E-state index >= 15 is 0 Å². The Hall–Kier alpha value is -7.68. The standard InChI is InChI=1S/C59H42N2/c1-59(2)53-28-12-11-26-52(53)57-48(27-15-29-54(57)59)46-23-14-21-44(37-46)43-20-13-22-45(36-43)47-34-35-51(50-25-10-9-24-49(47)50)56-38-55(60-58(61-56)42-18-7-4-8-19-42)41-32-30-40(31-33-41)39-16-5-3-6-17-39/h3-38H,1-2H3. The number of hydrogen-bond donors (Lipinski definition) is 0. The average Bonchev–Trinajstić information content (AvgIpc) is 3.57. The van der Waals surface area contributed by atoms with Crippen molar-refractivity contribution in [2.75, 3.05) is 0 Å². The van der Waals surface area contributed by atoms with Gasteiger partial charge >= 0.3 is 0 Å². The third kappa shape index (κ3) is 6.45. The number of nitrogens with zero attached hydrogens (tertiary/aromatic N) is 2. The monoisotopic (exact) mass is 778 g/mol. The summed E-state index contributed by atoms with van der Waals surface area (Å²) in [7, 11) is 0. The van der Waals surface area contributed by atoms with Crippen LogP contribution in [0.15, 0.2) is 218 Å². The number of aromatic nitrogens is 2. The molecule has 0 aliphatic heterocycles. The molecule has 11 rings (SSSR count). The molecule has 288 valence electrons. The molecular formula is C59H42N2. The summed E-state index contributed by atoms with van der Waals surface area (Å²) < 4.78 is 0. The maximum absolute atomic E-state index is 5.23. The van der Waals surface area contributed by atoms with Crippen LogP contribution in [0.3, 0.4) is 0 Å². The minimum atomic E-state index is -0.0404. The molecule has 1 aromatic heterocycles. The van der Waals surface area contributed by atoms with Crippen LogP contribution in [0, 0.1) is 0 Å². The average molecular weight is 779 g/mol.